The van der Waals surface area contributed by atoms with Crippen LogP contribution in [0.3, 0.4) is 0 Å². The molecule has 0 N–H and O–H groups in total. The van der Waals surface area contributed by atoms with E-state index in [-0.39, 0.29) is 25.0 Å². The van der Waals surface area contributed by atoms with E-state index in [0.29, 0.717) is 0 Å². The van der Waals surface area contributed by atoms with E-state index in [9.17, 15) is 4.79 Å². The molecule has 1 fully saturated rings. The van der Waals surface area contributed by atoms with Crippen LogP contribution in [-0.2, 0) is 16.1 Å². The number of hydrogen-bond donors (Lipinski definition) is 0. The Labute approximate surface area is 261 Å². The van der Waals surface area contributed by atoms with Crippen LogP contribution in [0.25, 0.3) is 11.1 Å². The topological polar surface area (TPSA) is 51.6 Å². The van der Waals surface area contributed by atoms with Crippen LogP contribution in [0.15, 0.2) is 114 Å². The Hall–Kier alpha value is -4.46. The third-order valence-corrected chi connectivity index (χ3v) is 8.42. The molecule has 0 aromatic heterocycles. The van der Waals surface area contributed by atoms with Crippen molar-refractivity contribution in [3.05, 3.63) is 120 Å². The first-order valence-corrected chi connectivity index (χ1v) is 15.5. The molecule has 7 heteroatoms. The molecule has 1 atom stereocenters. The molecule has 7 nitrogen and oxygen atoms in total. The van der Waals surface area contributed by atoms with Gasteiger partial charge in [0.1, 0.15) is 6.61 Å². The highest BCUT2D eigenvalue weighted by Crippen LogP contribution is 2.41. The third-order valence-electron chi connectivity index (χ3n) is 8.42. The number of anilines is 1. The van der Waals surface area contributed by atoms with Gasteiger partial charge in [-0.15, -0.1) is 0 Å². The molecule has 4 aromatic rings. The number of ether oxygens (including phenoxy) is 1. The molecule has 0 spiro atoms. The van der Waals surface area contributed by atoms with E-state index in [0.717, 1.165) is 73.3 Å². The van der Waals surface area contributed by atoms with E-state index in [1.807, 2.05) is 48.5 Å². The summed E-state index contributed by atoms with van der Waals surface area (Å²) in [6.07, 6.45) is 0.214. The van der Waals surface area contributed by atoms with Crippen LogP contribution in [-0.4, -0.2) is 80.0 Å². The van der Waals surface area contributed by atoms with Crippen molar-refractivity contribution in [3.8, 4) is 11.1 Å². The van der Waals surface area contributed by atoms with Crippen molar-refractivity contribution in [3.63, 3.8) is 0 Å². The number of para-hydroxylation sites is 1. The number of guanidine groups is 1. The van der Waals surface area contributed by atoms with Gasteiger partial charge in [-0.05, 0) is 49.0 Å². The summed E-state index contributed by atoms with van der Waals surface area (Å²) in [5.74, 6) is 0.665. The Kier molecular flexibility index (Phi) is 9.34. The Morgan fingerprint density at radius 2 is 1.43 bits per heavy atom. The number of rotatable bonds is 9. The Morgan fingerprint density at radius 1 is 0.795 bits per heavy atom. The SMILES string of the molecule is CN(C)CCN1CCN(C2=Nc3ccccc3C(CC(=O)OCc3ccccc3)N2c2ccc(-c3ccccc3)cc2)CC1. The number of aliphatic imine (C=N–C) groups is 1. The van der Waals surface area contributed by atoms with Gasteiger partial charge in [-0.3, -0.25) is 9.69 Å². The number of nitrogens with zero attached hydrogens (tertiary/aromatic N) is 5. The predicted octanol–water partition coefficient (Wildman–Crippen LogP) is 6.22. The number of likely N-dealkylation sites (N-methyl/N-ethyl adjacent to an activating group) is 1. The van der Waals surface area contributed by atoms with E-state index < -0.39 is 0 Å². The average molecular weight is 588 g/mol. The molecule has 1 saturated heterocycles. The number of carbonyl (C=O) groups excluding carboxylic acids is 1. The molecule has 44 heavy (non-hydrogen) atoms. The standard InChI is InChI=1S/C37H41N5O2/c1-39(2)21-22-40-23-25-41(26-24-40)37-38-34-16-10-9-15-33(34)35(27-36(43)44-28-29-11-5-3-6-12-29)42(37)32-19-17-31(18-20-32)30-13-7-4-8-14-30/h3-20,35H,21-28H2,1-2H3. The van der Waals surface area contributed by atoms with Crippen molar-refractivity contribution in [2.45, 2.75) is 19.1 Å². The maximum Gasteiger partial charge on any atom is 0.308 e. The van der Waals surface area contributed by atoms with E-state index >= 15 is 0 Å². The van der Waals surface area contributed by atoms with Crippen molar-refractivity contribution < 1.29 is 9.53 Å². The quantitative estimate of drug-likeness (QED) is 0.217. The first-order valence-electron chi connectivity index (χ1n) is 15.5. The molecule has 226 valence electrons. The minimum atomic E-state index is -0.253. The normalized spacial score (nSPS) is 16.9. The van der Waals surface area contributed by atoms with Crippen LogP contribution in [0.4, 0.5) is 11.4 Å². The van der Waals surface area contributed by atoms with Gasteiger partial charge in [0.05, 0.1) is 18.2 Å². The minimum absolute atomic E-state index is 0.214. The van der Waals surface area contributed by atoms with Crippen LogP contribution in [0.5, 0.6) is 0 Å². The Bertz CT molecular complexity index is 1550. The zero-order valence-electron chi connectivity index (χ0n) is 25.7. The fourth-order valence-electron chi connectivity index (χ4n) is 5.94. The highest BCUT2D eigenvalue weighted by molar-refractivity contribution is 6.01. The first-order chi connectivity index (χ1) is 21.5. The van der Waals surface area contributed by atoms with Gasteiger partial charge < -0.3 is 19.4 Å². The van der Waals surface area contributed by atoms with Gasteiger partial charge in [0.15, 0.2) is 0 Å². The molecular weight excluding hydrogens is 546 g/mol. The summed E-state index contributed by atoms with van der Waals surface area (Å²) >= 11 is 0. The maximum atomic E-state index is 13.5. The van der Waals surface area contributed by atoms with Crippen molar-refractivity contribution in [2.75, 3.05) is 58.3 Å². The molecule has 0 aliphatic carbocycles. The summed E-state index contributed by atoms with van der Waals surface area (Å²) in [7, 11) is 4.24. The number of hydrogen-bond acceptors (Lipinski definition) is 7. The van der Waals surface area contributed by atoms with Gasteiger partial charge in [-0.25, -0.2) is 4.99 Å². The largest absolute Gasteiger partial charge is 0.461 e. The molecule has 2 aliphatic rings. The zero-order valence-corrected chi connectivity index (χ0v) is 25.7. The molecule has 0 amide bonds. The van der Waals surface area contributed by atoms with Gasteiger partial charge in [-0.1, -0.05) is 91.0 Å². The average Bonchev–Trinajstić information content (AvgIpc) is 3.07. The number of carbonyl (C=O) groups is 1. The lowest BCUT2D eigenvalue weighted by atomic mass is 9.97. The summed E-state index contributed by atoms with van der Waals surface area (Å²) in [5.41, 5.74) is 6.26. The lowest BCUT2D eigenvalue weighted by molar-refractivity contribution is -0.145. The van der Waals surface area contributed by atoms with Crippen molar-refractivity contribution >= 4 is 23.3 Å². The number of benzene rings is 4. The highest BCUT2D eigenvalue weighted by atomic mass is 16.5. The van der Waals surface area contributed by atoms with Gasteiger partial charge in [0, 0.05) is 50.5 Å². The molecule has 6 rings (SSSR count). The van der Waals surface area contributed by atoms with Crippen LogP contribution >= 0.6 is 0 Å². The van der Waals surface area contributed by atoms with Crippen LogP contribution in [0.2, 0.25) is 0 Å². The number of esters is 1. The number of fused-ring (bicyclic) bond motifs is 1. The summed E-state index contributed by atoms with van der Waals surface area (Å²) in [6.45, 7) is 6.04. The maximum absolute atomic E-state index is 13.5. The smallest absolute Gasteiger partial charge is 0.308 e. The minimum Gasteiger partial charge on any atom is -0.461 e. The summed E-state index contributed by atoms with van der Waals surface area (Å²) in [4.78, 5) is 28.1. The lowest BCUT2D eigenvalue weighted by Crippen LogP contribution is -2.55. The van der Waals surface area contributed by atoms with Crippen molar-refractivity contribution in [1.29, 1.82) is 0 Å². The van der Waals surface area contributed by atoms with Crippen LogP contribution in [0, 0.1) is 0 Å². The van der Waals surface area contributed by atoms with Crippen molar-refractivity contribution in [1.82, 2.24) is 14.7 Å². The second-order valence-electron chi connectivity index (χ2n) is 11.8. The van der Waals surface area contributed by atoms with Gasteiger partial charge >= 0.3 is 5.97 Å². The molecule has 2 aliphatic heterocycles. The predicted molar refractivity (Wildman–Crippen MR) is 178 cm³/mol. The molecule has 0 bridgehead atoms. The highest BCUT2D eigenvalue weighted by Gasteiger charge is 2.36. The molecule has 0 saturated carbocycles. The molecule has 1 unspecified atom stereocenters. The fraction of sp³-hybridized carbons (Fsp3) is 0.297. The summed E-state index contributed by atoms with van der Waals surface area (Å²) in [5, 5.41) is 0. The molecule has 2 heterocycles. The molecule has 4 aromatic carbocycles. The van der Waals surface area contributed by atoms with E-state index in [4.69, 9.17) is 9.73 Å². The van der Waals surface area contributed by atoms with E-state index in [2.05, 4.69) is 94.4 Å². The fourth-order valence-corrected chi connectivity index (χ4v) is 5.94. The monoisotopic (exact) mass is 587 g/mol. The van der Waals surface area contributed by atoms with Gasteiger partial charge in [0.2, 0.25) is 5.96 Å². The van der Waals surface area contributed by atoms with Crippen molar-refractivity contribution in [2.24, 2.45) is 4.99 Å². The Morgan fingerprint density at radius 3 is 2.14 bits per heavy atom. The second kappa shape index (κ2) is 13.9. The van der Waals surface area contributed by atoms with E-state index in [1.54, 1.807) is 0 Å². The first kappa shape index (κ1) is 29.6. The van der Waals surface area contributed by atoms with Crippen LogP contribution in [0.1, 0.15) is 23.6 Å². The summed E-state index contributed by atoms with van der Waals surface area (Å²) < 4.78 is 5.82. The Balaban J connectivity index is 1.31. The second-order valence-corrected chi connectivity index (χ2v) is 11.8. The molecule has 0 radical (unpaired) electrons. The number of piperazine rings is 1. The summed E-state index contributed by atoms with van der Waals surface area (Å²) in [6, 6.07) is 36.8. The zero-order chi connectivity index (χ0) is 30.3. The van der Waals surface area contributed by atoms with Gasteiger partial charge in [-0.2, -0.15) is 0 Å². The third kappa shape index (κ3) is 7.01. The lowest BCUT2D eigenvalue weighted by Gasteiger charge is -2.45. The molecular formula is C37H41N5O2. The van der Waals surface area contributed by atoms with Crippen LogP contribution < -0.4 is 4.90 Å². The van der Waals surface area contributed by atoms with E-state index in [1.165, 1.54) is 5.56 Å². The van der Waals surface area contributed by atoms with Gasteiger partial charge in [0.25, 0.3) is 0 Å².